The van der Waals surface area contributed by atoms with Gasteiger partial charge in [0.15, 0.2) is 0 Å². The van der Waals surface area contributed by atoms with Gasteiger partial charge in [0, 0.05) is 17.5 Å². The minimum Gasteiger partial charge on any atom is -0.310 e. The molecule has 1 nitrogen and oxygen atoms in total. The third-order valence-corrected chi connectivity index (χ3v) is 5.11. The highest BCUT2D eigenvalue weighted by atomic mass is 35.5. The van der Waals surface area contributed by atoms with Crippen LogP contribution < -0.4 is 5.32 Å². The molecule has 0 fully saturated rings. The van der Waals surface area contributed by atoms with E-state index in [9.17, 15) is 0 Å². The van der Waals surface area contributed by atoms with Gasteiger partial charge < -0.3 is 5.32 Å². The van der Waals surface area contributed by atoms with Gasteiger partial charge in [0.25, 0.3) is 0 Å². The second-order valence-corrected chi connectivity index (χ2v) is 6.98. The van der Waals surface area contributed by atoms with E-state index in [0.29, 0.717) is 6.04 Å². The number of hydrogen-bond donors (Lipinski definition) is 1. The molecule has 0 saturated carbocycles. The zero-order valence-electron chi connectivity index (χ0n) is 11.1. The third kappa shape index (κ3) is 3.02. The van der Waals surface area contributed by atoms with Gasteiger partial charge in [-0.1, -0.05) is 41.4 Å². The molecule has 2 heterocycles. The van der Waals surface area contributed by atoms with Gasteiger partial charge in [0.05, 0.1) is 4.34 Å². The monoisotopic (exact) mass is 291 g/mol. The van der Waals surface area contributed by atoms with Crippen molar-refractivity contribution < 1.29 is 0 Å². The van der Waals surface area contributed by atoms with Crippen LogP contribution in [0, 0.1) is 6.92 Å². The minimum absolute atomic E-state index is 0.466. The fourth-order valence-corrected chi connectivity index (χ4v) is 4.03. The van der Waals surface area contributed by atoms with Crippen molar-refractivity contribution in [2.75, 3.05) is 6.54 Å². The van der Waals surface area contributed by atoms with Crippen molar-refractivity contribution in [1.29, 1.82) is 0 Å². The molecule has 100 valence electrons. The minimum atomic E-state index is 0.466. The van der Waals surface area contributed by atoms with Gasteiger partial charge in [0.1, 0.15) is 0 Å². The lowest BCUT2D eigenvalue weighted by atomic mass is 9.96. The van der Waals surface area contributed by atoms with E-state index in [0.717, 1.165) is 30.1 Å². The summed E-state index contributed by atoms with van der Waals surface area (Å²) in [5.41, 5.74) is 4.17. The fourth-order valence-electron chi connectivity index (χ4n) is 2.69. The summed E-state index contributed by atoms with van der Waals surface area (Å²) in [6.07, 6.45) is 3.38. The lowest BCUT2D eigenvalue weighted by Gasteiger charge is -2.24. The molecule has 1 unspecified atom stereocenters. The average Bonchev–Trinajstić information content (AvgIpc) is 2.79. The van der Waals surface area contributed by atoms with Gasteiger partial charge >= 0.3 is 0 Å². The highest BCUT2D eigenvalue weighted by Crippen LogP contribution is 2.35. The van der Waals surface area contributed by atoms with E-state index in [1.807, 2.05) is 0 Å². The zero-order chi connectivity index (χ0) is 13.2. The normalized spacial score (nSPS) is 18.3. The first-order valence-electron chi connectivity index (χ1n) is 6.79. The molecule has 0 bridgehead atoms. The molecule has 3 rings (SSSR count). The lowest BCUT2D eigenvalue weighted by Crippen LogP contribution is -2.29. The number of thiophene rings is 1. The summed E-state index contributed by atoms with van der Waals surface area (Å²) < 4.78 is 0.925. The Morgan fingerprint density at radius 1 is 1.32 bits per heavy atom. The van der Waals surface area contributed by atoms with Crippen LogP contribution in [0.3, 0.4) is 0 Å². The number of fused-ring (bicyclic) bond motifs is 1. The Morgan fingerprint density at radius 3 is 2.89 bits per heavy atom. The van der Waals surface area contributed by atoms with Crippen LogP contribution in [0.1, 0.15) is 34.0 Å². The molecule has 0 saturated heterocycles. The molecule has 0 radical (unpaired) electrons. The van der Waals surface area contributed by atoms with Crippen LogP contribution in [0.25, 0.3) is 0 Å². The molecule has 19 heavy (non-hydrogen) atoms. The van der Waals surface area contributed by atoms with Crippen LogP contribution in [0.2, 0.25) is 4.34 Å². The summed E-state index contributed by atoms with van der Waals surface area (Å²) in [4.78, 5) is 1.47. The lowest BCUT2D eigenvalue weighted by molar-refractivity contribution is 0.480. The molecule has 3 heteroatoms. The van der Waals surface area contributed by atoms with E-state index in [2.05, 4.69) is 42.6 Å². The molecule has 0 aliphatic carbocycles. The standard InChI is InChI=1S/C16H18ClNS/c1-11-2-4-12(5-3-11)6-7-14-13-10-16(17)19-15(13)8-9-18-14/h2-5,10,14,18H,6-9H2,1H3. The number of nitrogens with one attached hydrogen (secondary N) is 1. The van der Waals surface area contributed by atoms with Crippen molar-refractivity contribution in [3.05, 3.63) is 56.2 Å². The number of aryl methyl sites for hydroxylation is 2. The topological polar surface area (TPSA) is 12.0 Å². The van der Waals surface area contributed by atoms with Crippen LogP contribution in [-0.2, 0) is 12.8 Å². The third-order valence-electron chi connectivity index (χ3n) is 3.77. The van der Waals surface area contributed by atoms with E-state index in [4.69, 9.17) is 11.6 Å². The summed E-state index contributed by atoms with van der Waals surface area (Å²) >= 11 is 7.88. The Bertz CT molecular complexity index is 559. The number of halogens is 1. The van der Waals surface area contributed by atoms with E-state index in [1.54, 1.807) is 11.3 Å². The Labute approximate surface area is 123 Å². The first kappa shape index (κ1) is 13.2. The maximum Gasteiger partial charge on any atom is 0.0934 e. The Morgan fingerprint density at radius 2 is 2.11 bits per heavy atom. The molecular weight excluding hydrogens is 274 g/mol. The molecule has 1 aliphatic rings. The van der Waals surface area contributed by atoms with Gasteiger partial charge in [-0.05, 0) is 43.4 Å². The fraction of sp³-hybridized carbons (Fsp3) is 0.375. The second-order valence-electron chi connectivity index (χ2n) is 5.21. The SMILES string of the molecule is Cc1ccc(CCC2NCCc3sc(Cl)cc32)cc1. The number of hydrogen-bond acceptors (Lipinski definition) is 2. The second kappa shape index (κ2) is 5.66. The molecule has 1 atom stereocenters. The van der Waals surface area contributed by atoms with Gasteiger partial charge in [-0.3, -0.25) is 0 Å². The van der Waals surface area contributed by atoms with E-state index >= 15 is 0 Å². The maximum atomic E-state index is 6.14. The van der Waals surface area contributed by atoms with E-state index in [-0.39, 0.29) is 0 Å². The quantitative estimate of drug-likeness (QED) is 0.876. The zero-order valence-corrected chi connectivity index (χ0v) is 12.7. The van der Waals surface area contributed by atoms with Crippen molar-refractivity contribution in [2.45, 2.75) is 32.2 Å². The number of rotatable bonds is 3. The highest BCUT2D eigenvalue weighted by molar-refractivity contribution is 7.16. The predicted octanol–water partition coefficient (Wildman–Crippen LogP) is 4.53. The van der Waals surface area contributed by atoms with Crippen LogP contribution in [0.5, 0.6) is 0 Å². The van der Waals surface area contributed by atoms with Crippen molar-refractivity contribution in [3.63, 3.8) is 0 Å². The molecule has 2 aromatic rings. The van der Waals surface area contributed by atoms with Gasteiger partial charge in [-0.15, -0.1) is 11.3 Å². The predicted molar refractivity (Wildman–Crippen MR) is 83.3 cm³/mol. The largest absolute Gasteiger partial charge is 0.310 e. The summed E-state index contributed by atoms with van der Waals surface area (Å²) in [7, 11) is 0. The van der Waals surface area contributed by atoms with Crippen LogP contribution in [-0.4, -0.2) is 6.54 Å². The van der Waals surface area contributed by atoms with Crippen LogP contribution >= 0.6 is 22.9 Å². The molecule has 1 N–H and O–H groups in total. The Kier molecular flexibility index (Phi) is 3.92. The van der Waals surface area contributed by atoms with Gasteiger partial charge in [-0.25, -0.2) is 0 Å². The first-order chi connectivity index (χ1) is 9.22. The summed E-state index contributed by atoms with van der Waals surface area (Å²) in [6, 6.07) is 11.5. The van der Waals surface area contributed by atoms with Crippen LogP contribution in [0.4, 0.5) is 0 Å². The molecule has 0 amide bonds. The molecule has 1 aromatic heterocycles. The molecule has 1 aromatic carbocycles. The van der Waals surface area contributed by atoms with Crippen molar-refractivity contribution in [3.8, 4) is 0 Å². The van der Waals surface area contributed by atoms with E-state index in [1.165, 1.54) is 21.6 Å². The average molecular weight is 292 g/mol. The number of benzene rings is 1. The van der Waals surface area contributed by atoms with Crippen molar-refractivity contribution >= 4 is 22.9 Å². The smallest absolute Gasteiger partial charge is 0.0934 e. The van der Waals surface area contributed by atoms with Crippen molar-refractivity contribution in [1.82, 2.24) is 5.32 Å². The van der Waals surface area contributed by atoms with Gasteiger partial charge in [0.2, 0.25) is 0 Å². The van der Waals surface area contributed by atoms with Crippen molar-refractivity contribution in [2.24, 2.45) is 0 Å². The molecule has 0 spiro atoms. The van der Waals surface area contributed by atoms with E-state index < -0.39 is 0 Å². The van der Waals surface area contributed by atoms with Crippen LogP contribution in [0.15, 0.2) is 30.3 Å². The Balaban J connectivity index is 1.69. The summed E-state index contributed by atoms with van der Waals surface area (Å²) in [5, 5.41) is 3.62. The first-order valence-corrected chi connectivity index (χ1v) is 7.99. The Hall–Kier alpha value is -0.830. The maximum absolute atomic E-state index is 6.14. The summed E-state index contributed by atoms with van der Waals surface area (Å²) in [5.74, 6) is 0. The van der Waals surface area contributed by atoms with Gasteiger partial charge in [-0.2, -0.15) is 0 Å². The molecular formula is C16H18ClNS. The molecule has 1 aliphatic heterocycles. The highest BCUT2D eigenvalue weighted by Gasteiger charge is 2.21. The summed E-state index contributed by atoms with van der Waals surface area (Å²) in [6.45, 7) is 3.20.